The summed E-state index contributed by atoms with van der Waals surface area (Å²) in [5, 5.41) is 0. The molecule has 0 unspecified atom stereocenters. The quantitative estimate of drug-likeness (QED) is 0.471. The number of hydrogen-bond acceptors (Lipinski definition) is 1. The number of rotatable bonds is 1. The Labute approximate surface area is 129 Å². The second-order valence-corrected chi connectivity index (χ2v) is 8.71. The third kappa shape index (κ3) is 1.99. The van der Waals surface area contributed by atoms with Gasteiger partial charge in [0.25, 0.3) is 0 Å². The lowest BCUT2D eigenvalue weighted by atomic mass is 9.42. The average molecular weight is 286 g/mol. The number of carbonyl (C=O) groups is 1. The highest BCUT2D eigenvalue weighted by atomic mass is 16.1. The summed E-state index contributed by atoms with van der Waals surface area (Å²) in [5.41, 5.74) is 1.69. The molecule has 0 aliphatic heterocycles. The summed E-state index contributed by atoms with van der Waals surface area (Å²) in [7, 11) is 0. The van der Waals surface area contributed by atoms with E-state index in [0.717, 1.165) is 30.8 Å². The van der Waals surface area contributed by atoms with Crippen molar-refractivity contribution in [3.63, 3.8) is 0 Å². The van der Waals surface area contributed by atoms with E-state index in [4.69, 9.17) is 0 Å². The Morgan fingerprint density at radius 1 is 1.14 bits per heavy atom. The zero-order chi connectivity index (χ0) is 15.5. The summed E-state index contributed by atoms with van der Waals surface area (Å²) in [4.78, 5) is 12.2. The van der Waals surface area contributed by atoms with E-state index < -0.39 is 0 Å². The van der Waals surface area contributed by atoms with Crippen molar-refractivity contribution in [3.05, 3.63) is 24.8 Å². The first-order valence-corrected chi connectivity index (χ1v) is 8.61. The molecule has 0 aromatic heterocycles. The van der Waals surface area contributed by atoms with Crippen LogP contribution < -0.4 is 0 Å². The molecule has 3 fully saturated rings. The molecule has 3 aliphatic carbocycles. The van der Waals surface area contributed by atoms with E-state index >= 15 is 0 Å². The minimum absolute atomic E-state index is 0.0580. The number of Topliss-reactive ketones (excluding diaryl/α,β-unsaturated/α-hetero) is 1. The summed E-state index contributed by atoms with van der Waals surface area (Å²) in [6.45, 7) is 15.5. The highest BCUT2D eigenvalue weighted by Crippen LogP contribution is 2.66. The Bertz CT molecular complexity index is 504. The molecule has 21 heavy (non-hydrogen) atoms. The highest BCUT2D eigenvalue weighted by Gasteiger charge is 2.58. The van der Waals surface area contributed by atoms with E-state index in [0.29, 0.717) is 22.5 Å². The Morgan fingerprint density at radius 2 is 1.86 bits per heavy atom. The first-order valence-electron chi connectivity index (χ1n) is 8.61. The van der Waals surface area contributed by atoms with Crippen LogP contribution in [0.15, 0.2) is 24.8 Å². The maximum absolute atomic E-state index is 12.2. The van der Waals surface area contributed by atoms with Crippen LogP contribution in [0.3, 0.4) is 0 Å². The summed E-state index contributed by atoms with van der Waals surface area (Å²) in [5.74, 6) is 1.75. The Balaban J connectivity index is 1.94. The molecule has 3 rings (SSSR count). The molecule has 0 spiro atoms. The first kappa shape index (κ1) is 15.1. The van der Waals surface area contributed by atoms with Crippen LogP contribution in [0, 0.1) is 28.1 Å². The van der Waals surface area contributed by atoms with Crippen LogP contribution in [0.25, 0.3) is 0 Å². The van der Waals surface area contributed by atoms with Crippen molar-refractivity contribution in [2.75, 3.05) is 0 Å². The first-order chi connectivity index (χ1) is 9.75. The van der Waals surface area contributed by atoms with Gasteiger partial charge in [0.1, 0.15) is 0 Å². The van der Waals surface area contributed by atoms with Gasteiger partial charge in [-0.15, -0.1) is 6.58 Å². The molecule has 0 aromatic carbocycles. The maximum Gasteiger partial charge on any atom is 0.158 e. The molecule has 0 aromatic rings. The zero-order valence-corrected chi connectivity index (χ0v) is 14.0. The molecule has 5 atom stereocenters. The summed E-state index contributed by atoms with van der Waals surface area (Å²) in [6.07, 6.45) is 10.2. The van der Waals surface area contributed by atoms with Gasteiger partial charge < -0.3 is 0 Å². The normalized spacial score (nSPS) is 50.2. The lowest BCUT2D eigenvalue weighted by Gasteiger charge is -2.62. The largest absolute Gasteiger partial charge is 0.295 e. The van der Waals surface area contributed by atoms with E-state index in [9.17, 15) is 4.79 Å². The molecule has 0 radical (unpaired) electrons. The smallest absolute Gasteiger partial charge is 0.158 e. The predicted octanol–water partition coefficient (Wildman–Crippen LogP) is 5.32. The van der Waals surface area contributed by atoms with Gasteiger partial charge in [0, 0.05) is 6.42 Å². The second kappa shape index (κ2) is 4.57. The van der Waals surface area contributed by atoms with Crippen LogP contribution in [0.2, 0.25) is 0 Å². The van der Waals surface area contributed by atoms with E-state index in [1.165, 1.54) is 25.7 Å². The third-order valence-corrected chi connectivity index (χ3v) is 7.64. The van der Waals surface area contributed by atoms with Crippen LogP contribution in [0.5, 0.6) is 0 Å². The van der Waals surface area contributed by atoms with Crippen LogP contribution in [-0.2, 0) is 4.79 Å². The molecular formula is C20H30O. The fourth-order valence-electron chi connectivity index (χ4n) is 5.86. The van der Waals surface area contributed by atoms with Gasteiger partial charge in [-0.1, -0.05) is 33.4 Å². The highest BCUT2D eigenvalue weighted by molar-refractivity contribution is 5.97. The fourth-order valence-corrected chi connectivity index (χ4v) is 5.86. The topological polar surface area (TPSA) is 17.1 Å². The van der Waals surface area contributed by atoms with E-state index in [-0.39, 0.29) is 5.41 Å². The summed E-state index contributed by atoms with van der Waals surface area (Å²) >= 11 is 0. The number of carbonyl (C=O) groups excluding carboxylic acids is 1. The fraction of sp³-hybridized carbons (Fsp3) is 0.750. The van der Waals surface area contributed by atoms with Crippen molar-refractivity contribution < 1.29 is 4.79 Å². The monoisotopic (exact) mass is 286 g/mol. The van der Waals surface area contributed by atoms with E-state index in [1.54, 1.807) is 0 Å². The van der Waals surface area contributed by atoms with Crippen molar-refractivity contribution >= 4 is 5.78 Å². The molecule has 3 saturated carbocycles. The van der Waals surface area contributed by atoms with Gasteiger partial charge >= 0.3 is 0 Å². The van der Waals surface area contributed by atoms with Crippen molar-refractivity contribution in [1.29, 1.82) is 0 Å². The molecule has 1 nitrogen and oxygen atoms in total. The van der Waals surface area contributed by atoms with Crippen LogP contribution >= 0.6 is 0 Å². The lowest BCUT2D eigenvalue weighted by Crippen LogP contribution is -2.55. The predicted molar refractivity (Wildman–Crippen MR) is 88.0 cm³/mol. The minimum Gasteiger partial charge on any atom is -0.295 e. The molecule has 0 saturated heterocycles. The van der Waals surface area contributed by atoms with Crippen molar-refractivity contribution in [1.82, 2.24) is 0 Å². The number of fused-ring (bicyclic) bond motifs is 3. The molecule has 0 amide bonds. The van der Waals surface area contributed by atoms with Crippen LogP contribution in [0.4, 0.5) is 0 Å². The number of ketones is 1. The third-order valence-electron chi connectivity index (χ3n) is 7.64. The maximum atomic E-state index is 12.2. The van der Waals surface area contributed by atoms with Gasteiger partial charge in [0.2, 0.25) is 0 Å². The molecular weight excluding hydrogens is 256 g/mol. The van der Waals surface area contributed by atoms with Gasteiger partial charge in [-0.25, -0.2) is 0 Å². The number of allylic oxidation sites excluding steroid dienone is 2. The molecule has 0 N–H and O–H groups in total. The van der Waals surface area contributed by atoms with Gasteiger partial charge in [-0.05, 0) is 72.2 Å². The van der Waals surface area contributed by atoms with Crippen molar-refractivity contribution in [2.24, 2.45) is 28.1 Å². The Hall–Kier alpha value is -0.850. The molecule has 1 heteroatoms. The van der Waals surface area contributed by atoms with E-state index in [1.807, 2.05) is 0 Å². The average Bonchev–Trinajstić information content (AvgIpc) is 2.46. The summed E-state index contributed by atoms with van der Waals surface area (Å²) < 4.78 is 0. The van der Waals surface area contributed by atoms with Gasteiger partial charge in [0.05, 0.1) is 0 Å². The van der Waals surface area contributed by atoms with Crippen molar-refractivity contribution in [3.8, 4) is 0 Å². The van der Waals surface area contributed by atoms with Gasteiger partial charge in [0.15, 0.2) is 5.78 Å². The summed E-state index contributed by atoms with van der Waals surface area (Å²) in [6, 6.07) is 0. The molecule has 0 bridgehead atoms. The molecule has 3 aliphatic rings. The van der Waals surface area contributed by atoms with Crippen LogP contribution in [0.1, 0.15) is 65.7 Å². The lowest BCUT2D eigenvalue weighted by molar-refractivity contribution is -0.131. The van der Waals surface area contributed by atoms with Crippen molar-refractivity contribution in [2.45, 2.75) is 65.7 Å². The Kier molecular flexibility index (Phi) is 3.28. The Morgan fingerprint density at radius 3 is 2.52 bits per heavy atom. The molecule has 0 heterocycles. The van der Waals surface area contributed by atoms with Gasteiger partial charge in [-0.3, -0.25) is 4.79 Å². The SMILES string of the molecule is C=C[C@]1(C)CC[C@]2(C)[C@H](CC[C@@]3(C)C(=C)C(=O)CC[C@@H]23)C1. The second-order valence-electron chi connectivity index (χ2n) is 8.71. The van der Waals surface area contributed by atoms with Gasteiger partial charge in [-0.2, -0.15) is 0 Å². The van der Waals surface area contributed by atoms with E-state index in [2.05, 4.69) is 40.0 Å². The van der Waals surface area contributed by atoms with Crippen LogP contribution in [-0.4, -0.2) is 5.78 Å². The minimum atomic E-state index is 0.0580. The molecule has 116 valence electrons. The number of hydrogen-bond donors (Lipinski definition) is 0. The zero-order valence-electron chi connectivity index (χ0n) is 14.0. The standard InChI is InChI=1S/C20H30O/c1-6-18(3)11-12-20(5)15(13-18)9-10-19(4)14(2)16(21)7-8-17(19)20/h6,15,17H,1-2,7-13H2,3-5H3/t15-,17-,18-,19+,20-/m1/s1.